The minimum atomic E-state index is -3.69. The molecule has 1 atom stereocenters. The molecular weight excluding hydrogens is 545 g/mol. The summed E-state index contributed by atoms with van der Waals surface area (Å²) in [5.74, 6) is -0.539. The highest BCUT2D eigenvalue weighted by molar-refractivity contribution is 7.92. The van der Waals surface area contributed by atoms with E-state index in [-0.39, 0.29) is 54.5 Å². The van der Waals surface area contributed by atoms with Crippen LogP contribution in [0.25, 0.3) is 0 Å². The summed E-state index contributed by atoms with van der Waals surface area (Å²) in [5.41, 5.74) is 0.960. The van der Waals surface area contributed by atoms with E-state index in [0.29, 0.717) is 22.0 Å². The molecule has 2 rings (SSSR count). The predicted molar refractivity (Wildman–Crippen MR) is 147 cm³/mol. The molecule has 7 nitrogen and oxygen atoms in total. The number of carbonyl (C=O) groups is 2. The molecule has 36 heavy (non-hydrogen) atoms. The summed E-state index contributed by atoms with van der Waals surface area (Å²) in [6.07, 6.45) is 1.69. The SMILES string of the molecule is CCC(C(=O)NC(C)C)N(Cc1ccccc1Cl)C(=O)CCCN(c1cc(Cl)ccc1Cl)S(C)(=O)=O. The standard InChI is InChI=1S/C25H32Cl3N3O4S/c1-5-22(25(33)29-17(2)3)30(16-18-9-6-7-10-20(18)27)24(32)11-8-14-31(36(4,34)35)23-15-19(26)12-13-21(23)28/h6-7,9-10,12-13,15,17,22H,5,8,11,14,16H2,1-4H3,(H,29,33). The average Bonchev–Trinajstić information content (AvgIpc) is 2.78. The molecule has 0 aliphatic carbocycles. The number of benzene rings is 2. The first kappa shape index (κ1) is 30.2. The van der Waals surface area contributed by atoms with E-state index >= 15 is 0 Å². The number of nitrogens with zero attached hydrogens (tertiary/aromatic N) is 2. The van der Waals surface area contributed by atoms with E-state index < -0.39 is 16.1 Å². The molecule has 1 unspecified atom stereocenters. The Balaban J connectivity index is 2.26. The Morgan fingerprint density at radius 1 is 1.03 bits per heavy atom. The van der Waals surface area contributed by atoms with Gasteiger partial charge in [-0.2, -0.15) is 0 Å². The lowest BCUT2D eigenvalue weighted by molar-refractivity contribution is -0.141. The molecule has 0 heterocycles. The molecule has 0 spiro atoms. The zero-order chi connectivity index (χ0) is 27.0. The van der Waals surface area contributed by atoms with Gasteiger partial charge in [0.05, 0.1) is 17.0 Å². The van der Waals surface area contributed by atoms with Crippen molar-refractivity contribution >= 4 is 62.3 Å². The predicted octanol–water partition coefficient (Wildman–Crippen LogP) is 5.53. The number of carbonyl (C=O) groups excluding carboxylic acids is 2. The molecule has 0 aliphatic heterocycles. The molecule has 0 radical (unpaired) electrons. The van der Waals surface area contributed by atoms with Gasteiger partial charge in [-0.25, -0.2) is 8.42 Å². The first-order valence-electron chi connectivity index (χ1n) is 11.6. The van der Waals surface area contributed by atoms with E-state index in [1.54, 1.807) is 18.2 Å². The van der Waals surface area contributed by atoms with E-state index in [0.717, 1.165) is 10.6 Å². The maximum atomic E-state index is 13.4. The molecule has 1 N–H and O–H groups in total. The molecule has 198 valence electrons. The summed E-state index contributed by atoms with van der Waals surface area (Å²) < 4.78 is 26.1. The number of amides is 2. The zero-order valence-corrected chi connectivity index (χ0v) is 23.9. The minimum Gasteiger partial charge on any atom is -0.352 e. The second-order valence-electron chi connectivity index (χ2n) is 8.73. The normalized spacial score (nSPS) is 12.3. The highest BCUT2D eigenvalue weighted by Crippen LogP contribution is 2.31. The zero-order valence-electron chi connectivity index (χ0n) is 20.8. The number of halogens is 3. The molecule has 0 fully saturated rings. The van der Waals surface area contributed by atoms with Crippen LogP contribution in [0.2, 0.25) is 15.1 Å². The Bertz CT molecular complexity index is 1170. The lowest BCUT2D eigenvalue weighted by Gasteiger charge is -2.32. The second kappa shape index (κ2) is 13.5. The first-order valence-corrected chi connectivity index (χ1v) is 14.6. The van der Waals surface area contributed by atoms with E-state index in [4.69, 9.17) is 34.8 Å². The molecule has 0 bridgehead atoms. The van der Waals surface area contributed by atoms with Crippen LogP contribution in [0, 0.1) is 0 Å². The molecule has 2 aromatic rings. The summed E-state index contributed by atoms with van der Waals surface area (Å²) in [5, 5.41) is 3.94. The van der Waals surface area contributed by atoms with Crippen molar-refractivity contribution in [1.29, 1.82) is 0 Å². The largest absolute Gasteiger partial charge is 0.352 e. The van der Waals surface area contributed by atoms with Crippen LogP contribution in [0.4, 0.5) is 5.69 Å². The Hall–Kier alpha value is -2.00. The van der Waals surface area contributed by atoms with Gasteiger partial charge in [0.2, 0.25) is 21.8 Å². The van der Waals surface area contributed by atoms with E-state index in [9.17, 15) is 18.0 Å². The van der Waals surface area contributed by atoms with Crippen molar-refractivity contribution in [2.75, 3.05) is 17.1 Å². The van der Waals surface area contributed by atoms with Gasteiger partial charge in [0.15, 0.2) is 0 Å². The van der Waals surface area contributed by atoms with Crippen LogP contribution < -0.4 is 9.62 Å². The third kappa shape index (κ3) is 8.54. The Kier molecular flexibility index (Phi) is 11.3. The van der Waals surface area contributed by atoms with Crippen molar-refractivity contribution in [3.63, 3.8) is 0 Å². The summed E-state index contributed by atoms with van der Waals surface area (Å²) in [4.78, 5) is 27.9. The molecule has 0 aliphatic rings. The maximum absolute atomic E-state index is 13.4. The van der Waals surface area contributed by atoms with Crippen LogP contribution in [0.1, 0.15) is 45.6 Å². The van der Waals surface area contributed by atoms with Crippen molar-refractivity contribution in [2.45, 2.75) is 58.7 Å². The quantitative estimate of drug-likeness (QED) is 0.360. The molecule has 2 aromatic carbocycles. The van der Waals surface area contributed by atoms with E-state index in [1.807, 2.05) is 32.9 Å². The summed E-state index contributed by atoms with van der Waals surface area (Å²) in [6.45, 7) is 5.71. The number of anilines is 1. The van der Waals surface area contributed by atoms with Gasteiger partial charge in [0.25, 0.3) is 0 Å². The van der Waals surface area contributed by atoms with Gasteiger partial charge in [-0.15, -0.1) is 0 Å². The Labute approximate surface area is 228 Å². The summed E-state index contributed by atoms with van der Waals surface area (Å²) in [6, 6.07) is 10.9. The monoisotopic (exact) mass is 575 g/mol. The Morgan fingerprint density at radius 3 is 2.28 bits per heavy atom. The molecule has 0 aromatic heterocycles. The summed E-state index contributed by atoms with van der Waals surface area (Å²) in [7, 11) is -3.69. The Morgan fingerprint density at radius 2 is 1.69 bits per heavy atom. The van der Waals surface area contributed by atoms with Gasteiger partial charge in [-0.05, 0) is 56.5 Å². The number of hydrogen-bond donors (Lipinski definition) is 1. The lowest BCUT2D eigenvalue weighted by atomic mass is 10.1. The van der Waals surface area contributed by atoms with Crippen molar-refractivity contribution in [1.82, 2.24) is 10.2 Å². The van der Waals surface area contributed by atoms with Gasteiger partial charge in [0.1, 0.15) is 6.04 Å². The average molecular weight is 577 g/mol. The van der Waals surface area contributed by atoms with Crippen LogP contribution >= 0.6 is 34.8 Å². The second-order valence-corrected chi connectivity index (χ2v) is 11.9. The van der Waals surface area contributed by atoms with Crippen molar-refractivity contribution in [3.05, 3.63) is 63.1 Å². The van der Waals surface area contributed by atoms with Crippen LogP contribution in [-0.2, 0) is 26.2 Å². The van der Waals surface area contributed by atoms with Gasteiger partial charge in [-0.1, -0.05) is 59.9 Å². The first-order chi connectivity index (χ1) is 16.8. The molecule has 0 saturated heterocycles. The molecular formula is C25H32Cl3N3O4S. The van der Waals surface area contributed by atoms with Gasteiger partial charge in [-0.3, -0.25) is 13.9 Å². The fraction of sp³-hybridized carbons (Fsp3) is 0.440. The van der Waals surface area contributed by atoms with E-state index in [1.165, 1.54) is 17.0 Å². The smallest absolute Gasteiger partial charge is 0.243 e. The van der Waals surface area contributed by atoms with E-state index in [2.05, 4.69) is 5.32 Å². The van der Waals surface area contributed by atoms with Gasteiger partial charge >= 0.3 is 0 Å². The van der Waals surface area contributed by atoms with Crippen molar-refractivity contribution in [2.24, 2.45) is 0 Å². The minimum absolute atomic E-state index is 0.0134. The molecule has 2 amide bonds. The number of nitrogens with one attached hydrogen (secondary N) is 1. The topological polar surface area (TPSA) is 86.8 Å². The van der Waals surface area contributed by atoms with Crippen molar-refractivity contribution < 1.29 is 18.0 Å². The summed E-state index contributed by atoms with van der Waals surface area (Å²) >= 11 is 18.6. The third-order valence-electron chi connectivity index (χ3n) is 5.44. The molecule has 0 saturated carbocycles. The number of rotatable bonds is 12. The van der Waals surface area contributed by atoms with Crippen LogP contribution in [0.3, 0.4) is 0 Å². The number of sulfonamides is 1. The van der Waals surface area contributed by atoms with Crippen LogP contribution in [-0.4, -0.2) is 50.0 Å². The maximum Gasteiger partial charge on any atom is 0.243 e. The fourth-order valence-corrected chi connectivity index (χ4v) is 5.37. The van der Waals surface area contributed by atoms with Crippen molar-refractivity contribution in [3.8, 4) is 0 Å². The highest BCUT2D eigenvalue weighted by Gasteiger charge is 2.29. The lowest BCUT2D eigenvalue weighted by Crippen LogP contribution is -2.50. The van der Waals surface area contributed by atoms with Gasteiger partial charge in [0, 0.05) is 35.6 Å². The molecule has 11 heteroatoms. The third-order valence-corrected chi connectivity index (χ3v) is 7.55. The van der Waals surface area contributed by atoms with Gasteiger partial charge < -0.3 is 10.2 Å². The fourth-order valence-electron chi connectivity index (χ4n) is 3.77. The van der Waals surface area contributed by atoms with Crippen LogP contribution in [0.5, 0.6) is 0 Å². The van der Waals surface area contributed by atoms with Crippen LogP contribution in [0.15, 0.2) is 42.5 Å². The number of hydrogen-bond acceptors (Lipinski definition) is 4. The highest BCUT2D eigenvalue weighted by atomic mass is 35.5.